The van der Waals surface area contributed by atoms with E-state index in [1.165, 1.54) is 116 Å². The number of hydrogen-bond acceptors (Lipinski definition) is 4. The van der Waals surface area contributed by atoms with E-state index in [9.17, 15) is 9.90 Å². The Kier molecular flexibility index (Phi) is 45.6. The molecule has 1 atom stereocenters. The molecule has 55 heavy (non-hydrogen) atoms. The summed E-state index contributed by atoms with van der Waals surface area (Å²) >= 11 is 0. The van der Waals surface area contributed by atoms with E-state index in [4.69, 9.17) is 9.47 Å². The van der Waals surface area contributed by atoms with E-state index in [0.717, 1.165) is 70.6 Å². The average Bonchev–Trinajstić information content (AvgIpc) is 3.19. The molecule has 0 aromatic rings. The second-order valence-corrected chi connectivity index (χ2v) is 15.1. The highest BCUT2D eigenvalue weighted by molar-refractivity contribution is 5.69. The molecule has 4 heteroatoms. The third-order valence-electron chi connectivity index (χ3n) is 9.70. The Hall–Kier alpha value is -2.43. The predicted octanol–water partition coefficient (Wildman–Crippen LogP) is 15.5. The van der Waals surface area contributed by atoms with E-state index in [0.29, 0.717) is 13.0 Å². The van der Waals surface area contributed by atoms with Gasteiger partial charge in [-0.2, -0.15) is 0 Å². The first-order valence-electron chi connectivity index (χ1n) is 23.2. The second-order valence-electron chi connectivity index (χ2n) is 15.1. The summed E-state index contributed by atoms with van der Waals surface area (Å²) in [6.45, 7) is 5.19. The summed E-state index contributed by atoms with van der Waals surface area (Å²) < 4.78 is 11.2. The van der Waals surface area contributed by atoms with Crippen molar-refractivity contribution >= 4 is 5.97 Å². The number of rotatable bonds is 42. The van der Waals surface area contributed by atoms with Gasteiger partial charge in [0.05, 0.1) is 13.2 Å². The molecule has 0 radical (unpaired) electrons. The standard InChI is InChI=1S/C51H88O4/c1-3-5-7-9-11-13-15-17-19-21-23-25-27-29-31-33-35-37-39-41-43-45-47-54-49-50(48-52)55-51(53)46-44-42-40-38-36-34-32-30-28-26-24-22-20-18-16-14-12-10-8-6-4-2/h5,7,11,13,16-19,22-25,28,30,50,52H,3-4,6,8-10,12,14-15,20-21,26-27,29,31-49H2,1-2H3/b7-5-,13-11-,18-16-,19-17-,24-22-,25-23-,30-28-. The van der Waals surface area contributed by atoms with Crippen LogP contribution in [0.5, 0.6) is 0 Å². The summed E-state index contributed by atoms with van der Waals surface area (Å²) in [5.74, 6) is -0.217. The molecule has 1 unspecified atom stereocenters. The van der Waals surface area contributed by atoms with Crippen molar-refractivity contribution < 1.29 is 19.4 Å². The van der Waals surface area contributed by atoms with Crippen LogP contribution in [0.3, 0.4) is 0 Å². The molecule has 0 aromatic heterocycles. The SMILES string of the molecule is CC/C=C\C/C=C\C/C=C\C/C=C\CCCCCCCCCCCOCC(CO)OC(=O)CCCCCCCC/C=C\C/C=C\C/C=C\CCCCCCC. The zero-order chi connectivity index (χ0) is 39.8. The van der Waals surface area contributed by atoms with E-state index >= 15 is 0 Å². The predicted molar refractivity (Wildman–Crippen MR) is 242 cm³/mol. The summed E-state index contributed by atoms with van der Waals surface area (Å²) in [5.41, 5.74) is 0. The van der Waals surface area contributed by atoms with Crippen LogP contribution in [0.25, 0.3) is 0 Å². The Bertz CT molecular complexity index is 985. The van der Waals surface area contributed by atoms with Gasteiger partial charge in [0.1, 0.15) is 6.10 Å². The summed E-state index contributed by atoms with van der Waals surface area (Å²) in [4.78, 5) is 12.2. The van der Waals surface area contributed by atoms with E-state index < -0.39 is 6.10 Å². The minimum atomic E-state index is -0.550. The fourth-order valence-corrected chi connectivity index (χ4v) is 6.27. The molecule has 0 aliphatic heterocycles. The van der Waals surface area contributed by atoms with Crippen molar-refractivity contribution in [3.05, 3.63) is 85.1 Å². The van der Waals surface area contributed by atoms with Crippen LogP contribution in [0.1, 0.15) is 206 Å². The smallest absolute Gasteiger partial charge is 0.306 e. The quantitative estimate of drug-likeness (QED) is 0.0382. The number of aliphatic hydroxyl groups excluding tert-OH is 1. The zero-order valence-corrected chi connectivity index (χ0v) is 36.2. The van der Waals surface area contributed by atoms with Crippen molar-refractivity contribution in [2.45, 2.75) is 213 Å². The molecule has 0 aromatic carbocycles. The maximum atomic E-state index is 12.2. The van der Waals surface area contributed by atoms with E-state index in [2.05, 4.69) is 98.9 Å². The third-order valence-corrected chi connectivity index (χ3v) is 9.70. The minimum absolute atomic E-state index is 0.184. The second kappa shape index (κ2) is 47.7. The first kappa shape index (κ1) is 52.6. The lowest BCUT2D eigenvalue weighted by molar-refractivity contribution is -0.154. The Labute approximate surface area is 341 Å². The number of unbranched alkanes of at least 4 members (excludes halogenated alkanes) is 20. The number of ether oxygens (including phenoxy) is 2. The number of hydrogen-bond donors (Lipinski definition) is 1. The molecule has 0 fully saturated rings. The molecule has 0 bridgehead atoms. The maximum absolute atomic E-state index is 12.2. The normalized spacial score (nSPS) is 13.1. The number of allylic oxidation sites excluding steroid dienone is 14. The average molecular weight is 765 g/mol. The molecule has 1 N–H and O–H groups in total. The Morgan fingerprint density at radius 3 is 1.24 bits per heavy atom. The largest absolute Gasteiger partial charge is 0.457 e. The van der Waals surface area contributed by atoms with Gasteiger partial charge in [0, 0.05) is 13.0 Å². The monoisotopic (exact) mass is 765 g/mol. The molecule has 316 valence electrons. The van der Waals surface area contributed by atoms with Crippen molar-refractivity contribution in [2.24, 2.45) is 0 Å². The van der Waals surface area contributed by atoms with Crippen LogP contribution in [0.2, 0.25) is 0 Å². The van der Waals surface area contributed by atoms with Gasteiger partial charge in [-0.1, -0.05) is 195 Å². The van der Waals surface area contributed by atoms with Gasteiger partial charge in [-0.3, -0.25) is 4.79 Å². The van der Waals surface area contributed by atoms with Crippen molar-refractivity contribution in [3.63, 3.8) is 0 Å². The summed E-state index contributed by atoms with van der Waals surface area (Å²) in [6.07, 6.45) is 66.5. The van der Waals surface area contributed by atoms with Crippen molar-refractivity contribution in [1.29, 1.82) is 0 Å². The van der Waals surface area contributed by atoms with Crippen LogP contribution in [-0.4, -0.2) is 37.0 Å². The van der Waals surface area contributed by atoms with Gasteiger partial charge in [0.25, 0.3) is 0 Å². The molecule has 4 nitrogen and oxygen atoms in total. The zero-order valence-electron chi connectivity index (χ0n) is 36.2. The van der Waals surface area contributed by atoms with Crippen molar-refractivity contribution in [3.8, 4) is 0 Å². The van der Waals surface area contributed by atoms with Crippen LogP contribution in [0.4, 0.5) is 0 Å². The molecule has 0 saturated carbocycles. The highest BCUT2D eigenvalue weighted by Crippen LogP contribution is 2.13. The van der Waals surface area contributed by atoms with Crippen molar-refractivity contribution in [1.82, 2.24) is 0 Å². The highest BCUT2D eigenvalue weighted by Gasteiger charge is 2.13. The molecule has 0 aliphatic carbocycles. The van der Waals surface area contributed by atoms with Gasteiger partial charge in [0.2, 0.25) is 0 Å². The van der Waals surface area contributed by atoms with Crippen molar-refractivity contribution in [2.75, 3.05) is 19.8 Å². The Balaban J connectivity index is 3.50. The highest BCUT2D eigenvalue weighted by atomic mass is 16.6. The van der Waals surface area contributed by atoms with Crippen LogP contribution in [0.15, 0.2) is 85.1 Å². The summed E-state index contributed by atoms with van der Waals surface area (Å²) in [6, 6.07) is 0. The van der Waals surface area contributed by atoms with Gasteiger partial charge in [-0.25, -0.2) is 0 Å². The van der Waals surface area contributed by atoms with Crippen LogP contribution in [0, 0.1) is 0 Å². The third kappa shape index (κ3) is 45.9. The number of carbonyl (C=O) groups is 1. The van der Waals surface area contributed by atoms with Crippen LogP contribution >= 0.6 is 0 Å². The maximum Gasteiger partial charge on any atom is 0.306 e. The lowest BCUT2D eigenvalue weighted by atomic mass is 10.1. The molecule has 0 aliphatic rings. The van der Waals surface area contributed by atoms with E-state index in [1.807, 2.05) is 0 Å². The van der Waals surface area contributed by atoms with Crippen LogP contribution < -0.4 is 0 Å². The molecule has 0 saturated heterocycles. The fraction of sp³-hybridized carbons (Fsp3) is 0.706. The minimum Gasteiger partial charge on any atom is -0.457 e. The molecular weight excluding hydrogens is 677 g/mol. The molecule has 0 amide bonds. The molecular formula is C51H88O4. The first-order chi connectivity index (χ1) is 27.2. The summed E-state index contributed by atoms with van der Waals surface area (Å²) in [5, 5.41) is 9.63. The van der Waals surface area contributed by atoms with Gasteiger partial charge in [-0.05, 0) is 89.9 Å². The molecule has 0 rings (SSSR count). The Morgan fingerprint density at radius 2 is 0.818 bits per heavy atom. The van der Waals surface area contributed by atoms with E-state index in [-0.39, 0.29) is 19.2 Å². The van der Waals surface area contributed by atoms with Crippen LogP contribution in [-0.2, 0) is 14.3 Å². The van der Waals surface area contributed by atoms with Gasteiger partial charge < -0.3 is 14.6 Å². The number of esters is 1. The topological polar surface area (TPSA) is 55.8 Å². The molecule has 0 heterocycles. The lowest BCUT2D eigenvalue weighted by Crippen LogP contribution is -2.27. The number of aliphatic hydroxyl groups is 1. The van der Waals surface area contributed by atoms with Gasteiger partial charge in [-0.15, -0.1) is 0 Å². The summed E-state index contributed by atoms with van der Waals surface area (Å²) in [7, 11) is 0. The Morgan fingerprint density at radius 1 is 0.455 bits per heavy atom. The fourth-order valence-electron chi connectivity index (χ4n) is 6.27. The van der Waals surface area contributed by atoms with Gasteiger partial charge >= 0.3 is 5.97 Å². The molecule has 0 spiro atoms. The van der Waals surface area contributed by atoms with E-state index in [1.54, 1.807) is 0 Å². The lowest BCUT2D eigenvalue weighted by Gasteiger charge is -2.15. The van der Waals surface area contributed by atoms with Gasteiger partial charge in [0.15, 0.2) is 0 Å². The first-order valence-corrected chi connectivity index (χ1v) is 23.2. The number of carbonyl (C=O) groups excluding carboxylic acids is 1.